The first-order valence-corrected chi connectivity index (χ1v) is 8.20. The quantitative estimate of drug-likeness (QED) is 0.932. The molecule has 1 aliphatic carbocycles. The average molecular weight is 296 g/mol. The maximum absolute atomic E-state index is 6.10. The summed E-state index contributed by atoms with van der Waals surface area (Å²) in [4.78, 5) is 4.43. The van der Waals surface area contributed by atoms with E-state index in [0.717, 1.165) is 22.6 Å². The summed E-state index contributed by atoms with van der Waals surface area (Å²) in [5, 5.41) is 0.735. The van der Waals surface area contributed by atoms with E-state index in [9.17, 15) is 0 Å². The Labute approximate surface area is 122 Å². The van der Waals surface area contributed by atoms with E-state index in [1.165, 1.54) is 25.7 Å². The molecule has 19 heavy (non-hydrogen) atoms. The molecule has 3 rings (SSSR count). The summed E-state index contributed by atoms with van der Waals surface area (Å²) in [6.07, 6.45) is 7.34. The second-order valence-corrected chi connectivity index (χ2v) is 6.99. The average Bonchev–Trinajstić information content (AvgIpc) is 2.98. The highest BCUT2D eigenvalue weighted by Crippen LogP contribution is 2.42. The molecule has 1 aromatic heterocycles. The van der Waals surface area contributed by atoms with Crippen LogP contribution in [0.4, 0.5) is 5.95 Å². The van der Waals surface area contributed by atoms with Gasteiger partial charge in [-0.3, -0.25) is 0 Å². The lowest BCUT2D eigenvalue weighted by Crippen LogP contribution is -2.27. The van der Waals surface area contributed by atoms with Gasteiger partial charge in [0.05, 0.1) is 11.0 Å². The van der Waals surface area contributed by atoms with Crippen LogP contribution in [0.3, 0.4) is 0 Å². The second kappa shape index (κ2) is 4.91. The largest absolute Gasteiger partial charge is 0.369 e. The lowest BCUT2D eigenvalue weighted by atomic mass is 10.1. The Morgan fingerprint density at radius 3 is 2.84 bits per heavy atom. The van der Waals surface area contributed by atoms with Crippen LogP contribution in [0.15, 0.2) is 18.2 Å². The summed E-state index contributed by atoms with van der Waals surface area (Å²) >= 11 is 8.06. The number of nitrogen functional groups attached to an aromatic ring is 1. The highest BCUT2D eigenvalue weighted by atomic mass is 35.5. The van der Waals surface area contributed by atoms with Crippen molar-refractivity contribution in [1.82, 2.24) is 9.55 Å². The van der Waals surface area contributed by atoms with Crippen LogP contribution in [0.5, 0.6) is 0 Å². The minimum Gasteiger partial charge on any atom is -0.369 e. The highest BCUT2D eigenvalue weighted by Gasteiger charge is 2.34. The third kappa shape index (κ3) is 2.32. The summed E-state index contributed by atoms with van der Waals surface area (Å²) < 4.78 is 2.44. The van der Waals surface area contributed by atoms with Gasteiger partial charge in [0.2, 0.25) is 5.95 Å². The van der Waals surface area contributed by atoms with Crippen LogP contribution < -0.4 is 5.73 Å². The Kier molecular flexibility index (Phi) is 3.39. The van der Waals surface area contributed by atoms with Crippen LogP contribution in [0, 0.1) is 0 Å². The van der Waals surface area contributed by atoms with Gasteiger partial charge in [0.1, 0.15) is 0 Å². The van der Waals surface area contributed by atoms with Crippen molar-refractivity contribution in [2.75, 3.05) is 12.0 Å². The van der Waals surface area contributed by atoms with Gasteiger partial charge >= 0.3 is 0 Å². The van der Waals surface area contributed by atoms with Crippen LogP contribution >= 0.6 is 23.4 Å². The Morgan fingerprint density at radius 1 is 1.42 bits per heavy atom. The molecule has 2 aromatic rings. The van der Waals surface area contributed by atoms with E-state index in [0.29, 0.717) is 10.7 Å². The number of anilines is 1. The Bertz CT molecular complexity index is 602. The van der Waals surface area contributed by atoms with Gasteiger partial charge in [-0.1, -0.05) is 24.4 Å². The van der Waals surface area contributed by atoms with Crippen molar-refractivity contribution in [3.8, 4) is 0 Å². The van der Waals surface area contributed by atoms with Crippen molar-refractivity contribution in [2.45, 2.75) is 37.0 Å². The number of nitrogens with zero attached hydrogens (tertiary/aromatic N) is 2. The molecule has 5 heteroatoms. The van der Waals surface area contributed by atoms with Crippen LogP contribution in [-0.4, -0.2) is 20.6 Å². The number of benzene rings is 1. The topological polar surface area (TPSA) is 43.8 Å². The molecule has 1 heterocycles. The van der Waals surface area contributed by atoms with Gasteiger partial charge in [-0.05, 0) is 37.3 Å². The SMILES string of the molecule is CSC1(Cn2c(N)nc3ccc(Cl)cc32)CCCC1. The first-order chi connectivity index (χ1) is 9.13. The molecule has 0 radical (unpaired) electrons. The summed E-state index contributed by atoms with van der Waals surface area (Å²) in [7, 11) is 0. The van der Waals surface area contributed by atoms with Crippen LogP contribution in [0.2, 0.25) is 5.02 Å². The van der Waals surface area contributed by atoms with Gasteiger partial charge in [0.15, 0.2) is 0 Å². The fourth-order valence-corrected chi connectivity index (χ4v) is 4.14. The van der Waals surface area contributed by atoms with Crippen molar-refractivity contribution in [3.63, 3.8) is 0 Å². The summed E-state index contributed by atoms with van der Waals surface area (Å²) in [5.74, 6) is 0.595. The van der Waals surface area contributed by atoms with Gasteiger partial charge in [-0.25, -0.2) is 4.98 Å². The van der Waals surface area contributed by atoms with E-state index in [1.807, 2.05) is 30.0 Å². The van der Waals surface area contributed by atoms with Crippen molar-refractivity contribution in [1.29, 1.82) is 0 Å². The number of thioether (sulfide) groups is 1. The van der Waals surface area contributed by atoms with Crippen LogP contribution in [-0.2, 0) is 6.54 Å². The van der Waals surface area contributed by atoms with Gasteiger partial charge in [0, 0.05) is 16.3 Å². The number of hydrogen-bond donors (Lipinski definition) is 1. The molecule has 1 aromatic carbocycles. The fourth-order valence-electron chi connectivity index (χ4n) is 3.01. The zero-order valence-corrected chi connectivity index (χ0v) is 12.6. The van der Waals surface area contributed by atoms with E-state index in [1.54, 1.807) is 0 Å². The molecular weight excluding hydrogens is 278 g/mol. The third-order valence-corrected chi connectivity index (χ3v) is 5.77. The normalized spacial score (nSPS) is 18.2. The predicted octanol–water partition coefficient (Wildman–Crippen LogP) is 3.95. The van der Waals surface area contributed by atoms with Crippen molar-refractivity contribution >= 4 is 40.3 Å². The summed E-state index contributed by atoms with van der Waals surface area (Å²) in [6.45, 7) is 0.927. The standard InChI is InChI=1S/C14H18ClN3S/c1-19-14(6-2-3-7-14)9-18-12-8-10(15)4-5-11(12)17-13(18)16/h4-5,8H,2-3,6-7,9H2,1H3,(H2,16,17). The van der Waals surface area contributed by atoms with Gasteiger partial charge < -0.3 is 10.3 Å². The number of hydrogen-bond acceptors (Lipinski definition) is 3. The molecule has 3 nitrogen and oxygen atoms in total. The summed E-state index contributed by atoms with van der Waals surface area (Å²) in [5.41, 5.74) is 8.07. The molecule has 1 aliphatic rings. The van der Waals surface area contributed by atoms with Crippen molar-refractivity contribution < 1.29 is 0 Å². The number of aromatic nitrogens is 2. The molecule has 0 saturated heterocycles. The molecule has 2 N–H and O–H groups in total. The monoisotopic (exact) mass is 295 g/mol. The number of halogens is 1. The Balaban J connectivity index is 2.04. The van der Waals surface area contributed by atoms with E-state index < -0.39 is 0 Å². The minimum absolute atomic E-state index is 0.310. The van der Waals surface area contributed by atoms with Gasteiger partial charge in [0.25, 0.3) is 0 Å². The molecule has 0 spiro atoms. The number of nitrogens with two attached hydrogens (primary N) is 1. The predicted molar refractivity (Wildman–Crippen MR) is 83.9 cm³/mol. The Morgan fingerprint density at radius 2 is 2.16 bits per heavy atom. The molecule has 0 bridgehead atoms. The van der Waals surface area contributed by atoms with E-state index in [4.69, 9.17) is 17.3 Å². The van der Waals surface area contributed by atoms with E-state index >= 15 is 0 Å². The molecule has 0 amide bonds. The zero-order valence-electron chi connectivity index (χ0n) is 11.0. The Hall–Kier alpha value is -0.870. The molecule has 1 fully saturated rings. The highest BCUT2D eigenvalue weighted by molar-refractivity contribution is 8.00. The van der Waals surface area contributed by atoms with E-state index in [-0.39, 0.29) is 0 Å². The lowest BCUT2D eigenvalue weighted by molar-refractivity contribution is 0.518. The third-order valence-electron chi connectivity index (χ3n) is 4.13. The molecule has 102 valence electrons. The second-order valence-electron chi connectivity index (χ2n) is 5.28. The number of rotatable bonds is 3. The number of imidazole rings is 1. The lowest BCUT2D eigenvalue weighted by Gasteiger charge is -2.27. The first-order valence-electron chi connectivity index (χ1n) is 6.60. The maximum atomic E-state index is 6.10. The van der Waals surface area contributed by atoms with Crippen LogP contribution in [0.1, 0.15) is 25.7 Å². The van der Waals surface area contributed by atoms with Crippen molar-refractivity contribution in [3.05, 3.63) is 23.2 Å². The molecule has 0 aliphatic heterocycles. The molecular formula is C14H18ClN3S. The maximum Gasteiger partial charge on any atom is 0.201 e. The summed E-state index contributed by atoms with van der Waals surface area (Å²) in [6, 6.07) is 5.76. The smallest absolute Gasteiger partial charge is 0.201 e. The molecule has 0 unspecified atom stereocenters. The van der Waals surface area contributed by atoms with Gasteiger partial charge in [-0.15, -0.1) is 0 Å². The number of fused-ring (bicyclic) bond motifs is 1. The molecule has 0 atom stereocenters. The zero-order chi connectivity index (χ0) is 13.5. The molecule has 1 saturated carbocycles. The van der Waals surface area contributed by atoms with Crippen LogP contribution in [0.25, 0.3) is 11.0 Å². The minimum atomic E-state index is 0.310. The fraction of sp³-hybridized carbons (Fsp3) is 0.500. The first kappa shape index (κ1) is 13.1. The van der Waals surface area contributed by atoms with Crippen molar-refractivity contribution in [2.24, 2.45) is 0 Å². The van der Waals surface area contributed by atoms with E-state index in [2.05, 4.69) is 15.8 Å². The van der Waals surface area contributed by atoms with Gasteiger partial charge in [-0.2, -0.15) is 11.8 Å².